The third-order valence-corrected chi connectivity index (χ3v) is 5.53. The second kappa shape index (κ2) is 6.19. The Kier molecular flexibility index (Phi) is 4.51. The van der Waals surface area contributed by atoms with Crippen LogP contribution in [-0.2, 0) is 4.79 Å². The van der Waals surface area contributed by atoms with Crippen LogP contribution in [0.4, 0.5) is 13.2 Å². The maximum Gasteiger partial charge on any atom is 0.393 e. The monoisotopic (exact) mass is 345 g/mol. The van der Waals surface area contributed by atoms with E-state index in [4.69, 9.17) is 5.26 Å². The minimum Gasteiger partial charge on any atom is -0.393 e. The van der Waals surface area contributed by atoms with Crippen LogP contribution >= 0.6 is 0 Å². The number of alkyl halides is 3. The van der Waals surface area contributed by atoms with Crippen LogP contribution in [-0.4, -0.2) is 65.8 Å². The highest BCUT2D eigenvalue weighted by molar-refractivity contribution is 5.80. The van der Waals surface area contributed by atoms with Gasteiger partial charge in [0.25, 0.3) is 0 Å². The molecule has 0 unspecified atom stereocenters. The molecular weight excluding hydrogens is 323 g/mol. The Hall–Kier alpha value is -1.33. The van der Waals surface area contributed by atoms with Crippen molar-refractivity contribution >= 4 is 5.91 Å². The van der Waals surface area contributed by atoms with Crippen molar-refractivity contribution in [3.8, 4) is 6.07 Å². The molecule has 0 bridgehead atoms. The summed E-state index contributed by atoms with van der Waals surface area (Å²) in [6, 6.07) is 2.20. The summed E-state index contributed by atoms with van der Waals surface area (Å²) in [5.41, 5.74) is -0.511. The number of aliphatic hydroxyl groups is 1. The van der Waals surface area contributed by atoms with Gasteiger partial charge in [0.2, 0.25) is 5.91 Å². The SMILES string of the molecule is N#CC1(CN2C[C@@H](C(F)(F)F)[C@H](C(=O)N3CCC(O)CC3)C2)CC1. The van der Waals surface area contributed by atoms with Crippen molar-refractivity contribution in [2.24, 2.45) is 17.3 Å². The van der Waals surface area contributed by atoms with E-state index in [0.717, 1.165) is 12.8 Å². The highest BCUT2D eigenvalue weighted by atomic mass is 19.4. The fourth-order valence-corrected chi connectivity index (χ4v) is 3.80. The van der Waals surface area contributed by atoms with Gasteiger partial charge in [0.05, 0.1) is 29.4 Å². The average Bonchev–Trinajstić information content (AvgIpc) is 3.16. The molecule has 2 aliphatic heterocycles. The Morgan fingerprint density at radius 2 is 1.88 bits per heavy atom. The largest absolute Gasteiger partial charge is 0.393 e. The minimum atomic E-state index is -4.42. The maximum absolute atomic E-state index is 13.4. The third-order valence-electron chi connectivity index (χ3n) is 5.53. The number of rotatable bonds is 3. The van der Waals surface area contributed by atoms with Crippen LogP contribution in [0.15, 0.2) is 0 Å². The van der Waals surface area contributed by atoms with Gasteiger partial charge in [0.1, 0.15) is 0 Å². The Labute approximate surface area is 139 Å². The molecule has 0 aromatic rings. The lowest BCUT2D eigenvalue weighted by atomic mass is 9.93. The predicted molar refractivity (Wildman–Crippen MR) is 78.6 cm³/mol. The molecule has 2 heterocycles. The van der Waals surface area contributed by atoms with Crippen molar-refractivity contribution in [1.29, 1.82) is 5.26 Å². The molecule has 5 nitrogen and oxygen atoms in total. The molecule has 134 valence electrons. The standard InChI is InChI=1S/C16H22F3N3O2/c17-16(18,19)13-8-21(10-15(9-20)3-4-15)7-12(13)14(24)22-5-1-11(23)2-6-22/h11-13,23H,1-8,10H2/t12-,13-/m1/s1. The number of carbonyl (C=O) groups excluding carboxylic acids is 1. The number of carbonyl (C=O) groups is 1. The topological polar surface area (TPSA) is 67.6 Å². The average molecular weight is 345 g/mol. The highest BCUT2D eigenvalue weighted by Crippen LogP contribution is 2.47. The van der Waals surface area contributed by atoms with E-state index in [1.165, 1.54) is 4.90 Å². The van der Waals surface area contributed by atoms with E-state index >= 15 is 0 Å². The number of likely N-dealkylation sites (tertiary alicyclic amines) is 2. The molecule has 1 aliphatic carbocycles. The molecule has 3 fully saturated rings. The number of piperidine rings is 1. The summed E-state index contributed by atoms with van der Waals surface area (Å²) in [5.74, 6) is -3.24. The molecule has 0 radical (unpaired) electrons. The summed E-state index contributed by atoms with van der Waals surface area (Å²) in [7, 11) is 0. The third kappa shape index (κ3) is 3.52. The summed E-state index contributed by atoms with van der Waals surface area (Å²) >= 11 is 0. The van der Waals surface area contributed by atoms with Crippen LogP contribution in [0.3, 0.4) is 0 Å². The molecule has 8 heteroatoms. The van der Waals surface area contributed by atoms with E-state index in [1.807, 2.05) is 0 Å². The summed E-state index contributed by atoms with van der Waals surface area (Å²) in [6.07, 6.45) is -2.63. The lowest BCUT2D eigenvalue weighted by molar-refractivity contribution is -0.186. The second-order valence-electron chi connectivity index (χ2n) is 7.40. The maximum atomic E-state index is 13.4. The first-order chi connectivity index (χ1) is 11.2. The molecule has 2 atom stereocenters. The molecule has 0 aromatic carbocycles. The lowest BCUT2D eigenvalue weighted by Gasteiger charge is -2.33. The van der Waals surface area contributed by atoms with Crippen LogP contribution in [0.25, 0.3) is 0 Å². The van der Waals surface area contributed by atoms with E-state index in [-0.39, 0.29) is 13.1 Å². The van der Waals surface area contributed by atoms with E-state index in [1.54, 1.807) is 4.90 Å². The van der Waals surface area contributed by atoms with E-state index in [0.29, 0.717) is 32.5 Å². The van der Waals surface area contributed by atoms with Crippen LogP contribution in [0.5, 0.6) is 0 Å². The van der Waals surface area contributed by atoms with Crippen molar-refractivity contribution in [2.75, 3.05) is 32.7 Å². The summed E-state index contributed by atoms with van der Waals surface area (Å²) in [5, 5.41) is 18.7. The first-order valence-corrected chi connectivity index (χ1v) is 8.41. The lowest BCUT2D eigenvalue weighted by Crippen LogP contribution is -2.46. The van der Waals surface area contributed by atoms with Gasteiger partial charge in [-0.15, -0.1) is 0 Å². The normalized spacial score (nSPS) is 31.0. The molecule has 1 amide bonds. The van der Waals surface area contributed by atoms with Crippen molar-refractivity contribution in [2.45, 2.75) is 38.0 Å². The first kappa shape index (κ1) is 17.5. The van der Waals surface area contributed by atoms with Gasteiger partial charge >= 0.3 is 6.18 Å². The molecule has 3 aliphatic rings. The van der Waals surface area contributed by atoms with Crippen LogP contribution in [0, 0.1) is 28.6 Å². The van der Waals surface area contributed by atoms with Crippen molar-refractivity contribution < 1.29 is 23.1 Å². The van der Waals surface area contributed by atoms with Crippen LogP contribution in [0.2, 0.25) is 0 Å². The molecule has 3 rings (SSSR count). The molecule has 2 saturated heterocycles. The van der Waals surface area contributed by atoms with Gasteiger partial charge in [-0.2, -0.15) is 18.4 Å². The first-order valence-electron chi connectivity index (χ1n) is 8.41. The molecular formula is C16H22F3N3O2. The van der Waals surface area contributed by atoms with Gasteiger partial charge in [-0.3, -0.25) is 4.79 Å². The van der Waals surface area contributed by atoms with Gasteiger partial charge in [-0.25, -0.2) is 0 Å². The Balaban J connectivity index is 1.69. The van der Waals surface area contributed by atoms with Crippen molar-refractivity contribution in [3.05, 3.63) is 0 Å². The number of nitrogens with zero attached hydrogens (tertiary/aromatic N) is 3. The van der Waals surface area contributed by atoms with E-state index in [2.05, 4.69) is 6.07 Å². The number of nitriles is 1. The number of hydrogen-bond donors (Lipinski definition) is 1. The highest BCUT2D eigenvalue weighted by Gasteiger charge is 2.55. The number of hydrogen-bond acceptors (Lipinski definition) is 4. The van der Waals surface area contributed by atoms with Gasteiger partial charge < -0.3 is 14.9 Å². The van der Waals surface area contributed by atoms with Gasteiger partial charge in [-0.1, -0.05) is 0 Å². The summed E-state index contributed by atoms with van der Waals surface area (Å²) in [6.45, 7) is 0.788. The predicted octanol–water partition coefficient (Wildman–Crippen LogP) is 1.38. The smallest absolute Gasteiger partial charge is 0.393 e. The van der Waals surface area contributed by atoms with Gasteiger partial charge in [0.15, 0.2) is 0 Å². The molecule has 1 saturated carbocycles. The molecule has 0 aromatic heterocycles. The van der Waals surface area contributed by atoms with Crippen molar-refractivity contribution in [1.82, 2.24) is 9.80 Å². The number of aliphatic hydroxyl groups excluding tert-OH is 1. The minimum absolute atomic E-state index is 0.0610. The van der Waals surface area contributed by atoms with Crippen molar-refractivity contribution in [3.63, 3.8) is 0 Å². The number of halogens is 3. The quantitative estimate of drug-likeness (QED) is 0.839. The van der Waals surface area contributed by atoms with Gasteiger partial charge in [-0.05, 0) is 25.7 Å². The fourth-order valence-electron chi connectivity index (χ4n) is 3.80. The van der Waals surface area contributed by atoms with Crippen LogP contribution < -0.4 is 0 Å². The second-order valence-corrected chi connectivity index (χ2v) is 7.40. The number of amides is 1. The Bertz CT molecular complexity index is 534. The molecule has 0 spiro atoms. The molecule has 1 N–H and O–H groups in total. The zero-order valence-corrected chi connectivity index (χ0v) is 13.4. The van der Waals surface area contributed by atoms with E-state index in [9.17, 15) is 23.1 Å². The zero-order valence-electron chi connectivity index (χ0n) is 13.4. The summed E-state index contributed by atoms with van der Waals surface area (Å²) < 4.78 is 40.2. The molecule has 24 heavy (non-hydrogen) atoms. The Morgan fingerprint density at radius 3 is 2.38 bits per heavy atom. The van der Waals surface area contributed by atoms with E-state index < -0.39 is 35.4 Å². The van der Waals surface area contributed by atoms with Crippen LogP contribution in [0.1, 0.15) is 25.7 Å². The summed E-state index contributed by atoms with van der Waals surface area (Å²) in [4.78, 5) is 15.7. The fraction of sp³-hybridized carbons (Fsp3) is 0.875. The Morgan fingerprint density at radius 1 is 1.25 bits per heavy atom. The van der Waals surface area contributed by atoms with Gasteiger partial charge in [0, 0.05) is 32.7 Å². The zero-order chi connectivity index (χ0) is 17.5.